The van der Waals surface area contributed by atoms with Crippen molar-refractivity contribution < 1.29 is 23.5 Å². The van der Waals surface area contributed by atoms with Gasteiger partial charge in [0.05, 0.1) is 12.2 Å². The lowest BCUT2D eigenvalue weighted by molar-refractivity contribution is -0.133. The zero-order valence-electron chi connectivity index (χ0n) is 21.6. The van der Waals surface area contributed by atoms with Crippen LogP contribution in [0.15, 0.2) is 77.2 Å². The predicted molar refractivity (Wildman–Crippen MR) is 145 cm³/mol. The number of nitrogens with one attached hydrogen (secondary N) is 1. The van der Waals surface area contributed by atoms with Gasteiger partial charge in [-0.3, -0.25) is 4.79 Å². The fraction of sp³-hybridized carbons (Fsp3) is 0.267. The molecule has 5 rings (SSSR count). The second-order valence-electron chi connectivity index (χ2n) is 9.33. The van der Waals surface area contributed by atoms with Crippen LogP contribution in [0.5, 0.6) is 11.5 Å². The van der Waals surface area contributed by atoms with Crippen molar-refractivity contribution in [2.24, 2.45) is 0 Å². The number of furan rings is 1. The molecule has 0 saturated heterocycles. The summed E-state index contributed by atoms with van der Waals surface area (Å²) in [6, 6.07) is 22.7. The molecular formula is C30H31N3O5. The molecule has 8 heteroatoms. The molecule has 1 aliphatic rings. The third-order valence-electron chi connectivity index (χ3n) is 6.44. The van der Waals surface area contributed by atoms with Gasteiger partial charge in [0.15, 0.2) is 11.5 Å². The van der Waals surface area contributed by atoms with E-state index >= 15 is 0 Å². The number of ether oxygens (including phenoxy) is 2. The number of carbonyl (C=O) groups is 2. The smallest absolute Gasteiger partial charge is 0.322 e. The molecule has 0 fully saturated rings. The molecule has 1 aromatic heterocycles. The number of carbonyl (C=O) groups excluding carboxylic acids is 2. The number of hydrogen-bond acceptors (Lipinski definition) is 5. The Kier molecular flexibility index (Phi) is 7.49. The highest BCUT2D eigenvalue weighted by atomic mass is 16.7. The summed E-state index contributed by atoms with van der Waals surface area (Å²) >= 11 is 0. The monoisotopic (exact) mass is 513 g/mol. The van der Waals surface area contributed by atoms with E-state index in [0.29, 0.717) is 36.0 Å². The molecule has 0 unspecified atom stereocenters. The summed E-state index contributed by atoms with van der Waals surface area (Å²) in [4.78, 5) is 30.3. The Morgan fingerprint density at radius 2 is 1.71 bits per heavy atom. The summed E-state index contributed by atoms with van der Waals surface area (Å²) in [5.41, 5.74) is 1.61. The van der Waals surface area contributed by atoms with Crippen LogP contribution >= 0.6 is 0 Å². The molecule has 2 heterocycles. The maximum atomic E-state index is 13.7. The van der Waals surface area contributed by atoms with Gasteiger partial charge in [-0.1, -0.05) is 49.4 Å². The quantitative estimate of drug-likeness (QED) is 0.299. The van der Waals surface area contributed by atoms with Gasteiger partial charge in [0.25, 0.3) is 0 Å². The van der Waals surface area contributed by atoms with Crippen LogP contribution in [0.2, 0.25) is 0 Å². The first kappa shape index (κ1) is 25.2. The Morgan fingerprint density at radius 1 is 0.895 bits per heavy atom. The van der Waals surface area contributed by atoms with Crippen molar-refractivity contribution in [3.63, 3.8) is 0 Å². The summed E-state index contributed by atoms with van der Waals surface area (Å²) in [5.74, 6) is 2.62. The van der Waals surface area contributed by atoms with Crippen molar-refractivity contribution in [2.45, 2.75) is 33.4 Å². The molecule has 38 heavy (non-hydrogen) atoms. The minimum atomic E-state index is -0.312. The third-order valence-corrected chi connectivity index (χ3v) is 6.44. The van der Waals surface area contributed by atoms with Gasteiger partial charge in [-0.15, -0.1) is 0 Å². The highest BCUT2D eigenvalue weighted by molar-refractivity contribution is 6.02. The molecule has 3 aromatic carbocycles. The highest BCUT2D eigenvalue weighted by Crippen LogP contribution is 2.33. The molecule has 3 amide bonds. The lowest BCUT2D eigenvalue weighted by atomic mass is 10.1. The van der Waals surface area contributed by atoms with Gasteiger partial charge in [-0.2, -0.15) is 0 Å². The minimum Gasteiger partial charge on any atom is -0.464 e. The first-order chi connectivity index (χ1) is 18.5. The van der Waals surface area contributed by atoms with Crippen LogP contribution < -0.4 is 14.8 Å². The predicted octanol–water partition coefficient (Wildman–Crippen LogP) is 5.94. The van der Waals surface area contributed by atoms with Crippen molar-refractivity contribution in [2.75, 3.05) is 25.2 Å². The number of nitrogens with zero attached hydrogens (tertiary/aromatic N) is 2. The van der Waals surface area contributed by atoms with Crippen LogP contribution in [0.3, 0.4) is 0 Å². The van der Waals surface area contributed by atoms with Crippen molar-refractivity contribution >= 4 is 28.4 Å². The Balaban J connectivity index is 1.34. The normalized spacial score (nSPS) is 11.9. The fourth-order valence-electron chi connectivity index (χ4n) is 4.56. The summed E-state index contributed by atoms with van der Waals surface area (Å²) in [7, 11) is 0. The zero-order chi connectivity index (χ0) is 26.5. The third kappa shape index (κ3) is 5.75. The summed E-state index contributed by atoms with van der Waals surface area (Å²) < 4.78 is 16.7. The molecular weight excluding hydrogens is 482 g/mol. The Hall–Kier alpha value is -4.46. The van der Waals surface area contributed by atoms with Crippen molar-refractivity contribution in [1.29, 1.82) is 0 Å². The van der Waals surface area contributed by atoms with E-state index in [0.717, 1.165) is 28.5 Å². The molecule has 1 N–H and O–H groups in total. The molecule has 0 bridgehead atoms. The van der Waals surface area contributed by atoms with Gasteiger partial charge in [0.1, 0.15) is 18.1 Å². The maximum absolute atomic E-state index is 13.7. The first-order valence-electron chi connectivity index (χ1n) is 12.8. The maximum Gasteiger partial charge on any atom is 0.322 e. The Morgan fingerprint density at radius 3 is 2.53 bits per heavy atom. The van der Waals surface area contributed by atoms with Crippen LogP contribution in [-0.4, -0.2) is 41.6 Å². The molecule has 0 saturated carbocycles. The van der Waals surface area contributed by atoms with Crippen molar-refractivity contribution in [1.82, 2.24) is 9.80 Å². The van der Waals surface area contributed by atoms with E-state index in [2.05, 4.69) is 5.32 Å². The van der Waals surface area contributed by atoms with Crippen LogP contribution in [0.4, 0.5) is 10.5 Å². The van der Waals surface area contributed by atoms with Gasteiger partial charge in [0.2, 0.25) is 12.7 Å². The molecule has 196 valence electrons. The number of benzene rings is 3. The number of fused-ring (bicyclic) bond motifs is 2. The van der Waals surface area contributed by atoms with Gasteiger partial charge in [0, 0.05) is 18.5 Å². The molecule has 0 radical (unpaired) electrons. The molecule has 4 aromatic rings. The fourth-order valence-corrected chi connectivity index (χ4v) is 4.56. The van der Waals surface area contributed by atoms with E-state index in [-0.39, 0.29) is 31.8 Å². The van der Waals surface area contributed by atoms with Crippen LogP contribution in [0, 0.1) is 6.92 Å². The average Bonchev–Trinajstić information content (AvgIpc) is 3.56. The van der Waals surface area contributed by atoms with Gasteiger partial charge in [-0.05, 0) is 54.6 Å². The lowest BCUT2D eigenvalue weighted by Crippen LogP contribution is -2.44. The number of rotatable bonds is 9. The largest absolute Gasteiger partial charge is 0.464 e. The summed E-state index contributed by atoms with van der Waals surface area (Å²) in [5, 5.41) is 4.99. The standard InChI is InChI=1S/C30H31N3O5/c1-3-15-32(30(35)31-26-10-6-8-23-7-4-5-9-25(23)26)19-29(34)33(18-24-13-11-21(2)38-24)17-22-12-14-27-28(16-22)37-20-36-27/h4-14,16H,3,15,17-20H2,1-2H3,(H,31,35). The van der Waals surface area contributed by atoms with E-state index in [4.69, 9.17) is 13.9 Å². The van der Waals surface area contributed by atoms with Gasteiger partial charge < -0.3 is 29.0 Å². The second kappa shape index (κ2) is 11.3. The first-order valence-corrected chi connectivity index (χ1v) is 12.8. The molecule has 8 nitrogen and oxygen atoms in total. The van der Waals surface area contributed by atoms with Crippen molar-refractivity contribution in [3.8, 4) is 11.5 Å². The van der Waals surface area contributed by atoms with Gasteiger partial charge >= 0.3 is 6.03 Å². The minimum absolute atomic E-state index is 0.0608. The lowest BCUT2D eigenvalue weighted by Gasteiger charge is -2.27. The Labute approximate surface area is 221 Å². The molecule has 0 atom stereocenters. The van der Waals surface area contributed by atoms with E-state index in [9.17, 15) is 9.59 Å². The molecule has 0 aliphatic carbocycles. The van der Waals surface area contributed by atoms with Crippen molar-refractivity contribution in [3.05, 3.63) is 89.9 Å². The van der Waals surface area contributed by atoms with Crippen LogP contribution in [0.25, 0.3) is 10.8 Å². The van der Waals surface area contributed by atoms with E-state index in [1.165, 1.54) is 0 Å². The molecule has 1 aliphatic heterocycles. The number of urea groups is 1. The SMILES string of the molecule is CCCN(CC(=O)N(Cc1ccc2c(c1)OCO2)Cc1ccc(C)o1)C(=O)Nc1cccc2ccccc12. The Bertz CT molecular complexity index is 1440. The van der Waals surface area contributed by atoms with Crippen LogP contribution in [0.1, 0.15) is 30.4 Å². The second-order valence-corrected chi connectivity index (χ2v) is 9.33. The van der Waals surface area contributed by atoms with E-state index in [1.54, 1.807) is 9.80 Å². The highest BCUT2D eigenvalue weighted by Gasteiger charge is 2.24. The number of amides is 3. The number of hydrogen-bond donors (Lipinski definition) is 1. The van der Waals surface area contributed by atoms with E-state index < -0.39 is 0 Å². The van der Waals surface area contributed by atoms with E-state index in [1.807, 2.05) is 86.6 Å². The topological polar surface area (TPSA) is 84.2 Å². The average molecular weight is 514 g/mol. The number of anilines is 1. The number of aryl methyl sites for hydroxylation is 1. The molecule has 0 spiro atoms. The summed E-state index contributed by atoms with van der Waals surface area (Å²) in [6.07, 6.45) is 0.718. The van der Waals surface area contributed by atoms with Crippen LogP contribution in [-0.2, 0) is 17.9 Å². The zero-order valence-corrected chi connectivity index (χ0v) is 21.6. The summed E-state index contributed by atoms with van der Waals surface area (Å²) in [6.45, 7) is 5.04. The van der Waals surface area contributed by atoms with Gasteiger partial charge in [-0.25, -0.2) is 4.79 Å².